The van der Waals surface area contributed by atoms with Crippen LogP contribution >= 0.6 is 11.3 Å². The van der Waals surface area contributed by atoms with Gasteiger partial charge in [-0.15, -0.1) is 11.3 Å². The highest BCUT2D eigenvalue weighted by Crippen LogP contribution is 2.34. The smallest absolute Gasteiger partial charge is 0.251 e. The Bertz CT molecular complexity index is 984. The van der Waals surface area contributed by atoms with Crippen molar-refractivity contribution in [3.05, 3.63) is 69.7 Å². The second-order valence-corrected chi connectivity index (χ2v) is 7.54. The van der Waals surface area contributed by atoms with Crippen LogP contribution in [0, 0.1) is 6.92 Å². The van der Waals surface area contributed by atoms with Crippen LogP contribution in [0.5, 0.6) is 17.2 Å². The van der Waals surface area contributed by atoms with E-state index in [1.807, 2.05) is 37.4 Å². The molecule has 1 atom stereocenters. The van der Waals surface area contributed by atoms with Crippen molar-refractivity contribution in [1.29, 1.82) is 0 Å². The topological polar surface area (TPSA) is 69.7 Å². The van der Waals surface area contributed by atoms with E-state index in [0.29, 0.717) is 23.7 Å². The molecule has 1 aromatic heterocycles. The van der Waals surface area contributed by atoms with E-state index in [1.165, 1.54) is 0 Å². The minimum Gasteiger partial charge on any atom is -0.487 e. The number of amides is 1. The summed E-state index contributed by atoms with van der Waals surface area (Å²) in [5, 5.41) is 6.00. The Morgan fingerprint density at radius 2 is 2.00 bits per heavy atom. The predicted molar refractivity (Wildman–Crippen MR) is 106 cm³/mol. The van der Waals surface area contributed by atoms with Crippen molar-refractivity contribution >= 4 is 17.2 Å². The maximum atomic E-state index is 12.5. The largest absolute Gasteiger partial charge is 0.487 e. The van der Waals surface area contributed by atoms with Gasteiger partial charge in [-0.3, -0.25) is 4.79 Å². The summed E-state index contributed by atoms with van der Waals surface area (Å²) >= 11 is 1.60. The molecule has 0 unspecified atom stereocenters. The van der Waals surface area contributed by atoms with Crippen LogP contribution in [-0.4, -0.2) is 17.7 Å². The number of fused-ring (bicyclic) bond motifs is 1. The van der Waals surface area contributed by atoms with Gasteiger partial charge in [-0.05, 0) is 55.8 Å². The molecule has 0 bridgehead atoms. The first-order valence-corrected chi connectivity index (χ1v) is 9.81. The van der Waals surface area contributed by atoms with Crippen molar-refractivity contribution in [2.75, 3.05) is 6.79 Å². The van der Waals surface area contributed by atoms with Gasteiger partial charge in [0, 0.05) is 10.9 Å². The molecule has 1 amide bonds. The highest BCUT2D eigenvalue weighted by Gasteiger charge is 2.17. The van der Waals surface area contributed by atoms with Gasteiger partial charge in [0.25, 0.3) is 5.91 Å². The van der Waals surface area contributed by atoms with Crippen molar-refractivity contribution in [3.63, 3.8) is 0 Å². The maximum Gasteiger partial charge on any atom is 0.251 e. The molecule has 0 radical (unpaired) electrons. The number of hydrogen-bond donors (Lipinski definition) is 1. The zero-order chi connectivity index (χ0) is 19.5. The summed E-state index contributed by atoms with van der Waals surface area (Å²) in [6.45, 7) is 4.54. The van der Waals surface area contributed by atoms with Crippen LogP contribution < -0.4 is 19.5 Å². The number of aryl methyl sites for hydroxylation is 1. The molecule has 6 nitrogen and oxygen atoms in total. The van der Waals surface area contributed by atoms with Crippen molar-refractivity contribution in [2.24, 2.45) is 0 Å². The zero-order valence-electron chi connectivity index (χ0n) is 15.6. The van der Waals surface area contributed by atoms with Crippen LogP contribution in [0.2, 0.25) is 0 Å². The van der Waals surface area contributed by atoms with E-state index in [4.69, 9.17) is 14.2 Å². The van der Waals surface area contributed by atoms with Crippen molar-refractivity contribution in [2.45, 2.75) is 26.5 Å². The van der Waals surface area contributed by atoms with Crippen LogP contribution in [0.25, 0.3) is 0 Å². The van der Waals surface area contributed by atoms with Crippen LogP contribution in [-0.2, 0) is 6.61 Å². The number of carbonyl (C=O) groups excluding carboxylic acids is 1. The summed E-state index contributed by atoms with van der Waals surface area (Å²) < 4.78 is 16.4. The minimum atomic E-state index is -0.161. The lowest BCUT2D eigenvalue weighted by Crippen LogP contribution is -2.26. The van der Waals surface area contributed by atoms with E-state index in [0.717, 1.165) is 22.0 Å². The van der Waals surface area contributed by atoms with Gasteiger partial charge in [0.1, 0.15) is 12.4 Å². The number of ether oxygens (including phenoxy) is 3. The van der Waals surface area contributed by atoms with E-state index in [-0.39, 0.29) is 18.7 Å². The molecule has 0 aliphatic carbocycles. The Morgan fingerprint density at radius 1 is 1.21 bits per heavy atom. The third-order valence-corrected chi connectivity index (χ3v) is 5.24. The predicted octanol–water partition coefficient (Wildman–Crippen LogP) is 4.25. The molecule has 0 saturated heterocycles. The van der Waals surface area contributed by atoms with E-state index in [2.05, 4.69) is 10.3 Å². The molecule has 1 aliphatic heterocycles. The molecule has 3 aromatic rings. The van der Waals surface area contributed by atoms with Gasteiger partial charge in [-0.25, -0.2) is 4.98 Å². The number of nitrogens with one attached hydrogen (secondary N) is 1. The van der Waals surface area contributed by atoms with Gasteiger partial charge < -0.3 is 19.5 Å². The van der Waals surface area contributed by atoms with Gasteiger partial charge in [0.05, 0.1) is 16.7 Å². The van der Waals surface area contributed by atoms with E-state index in [9.17, 15) is 4.79 Å². The fourth-order valence-corrected chi connectivity index (χ4v) is 3.48. The summed E-state index contributed by atoms with van der Waals surface area (Å²) in [4.78, 5) is 16.9. The second kappa shape index (κ2) is 7.90. The Hall–Kier alpha value is -3.06. The first kappa shape index (κ1) is 18.3. The van der Waals surface area contributed by atoms with E-state index < -0.39 is 0 Å². The standard InChI is InChI=1S/C21H20N2O4S/c1-13(16-5-8-19-20(9-16)27-12-26-19)22-21(24)15-3-6-18(7-4-15)25-10-17-11-28-14(2)23-17/h3-9,11,13H,10,12H2,1-2H3,(H,22,24)/t13-/m0/s1. The van der Waals surface area contributed by atoms with Gasteiger partial charge in [0.2, 0.25) is 6.79 Å². The summed E-state index contributed by atoms with van der Waals surface area (Å²) in [7, 11) is 0. The molecule has 2 aromatic carbocycles. The van der Waals surface area contributed by atoms with Crippen LogP contribution in [0.4, 0.5) is 0 Å². The monoisotopic (exact) mass is 396 g/mol. The molecule has 144 valence electrons. The third-order valence-electron chi connectivity index (χ3n) is 4.41. The highest BCUT2D eigenvalue weighted by atomic mass is 32.1. The number of benzene rings is 2. The molecule has 7 heteroatoms. The number of nitrogens with zero attached hydrogens (tertiary/aromatic N) is 1. The minimum absolute atomic E-state index is 0.146. The molecule has 4 rings (SSSR count). The quantitative estimate of drug-likeness (QED) is 0.675. The average molecular weight is 396 g/mol. The van der Waals surface area contributed by atoms with Crippen molar-refractivity contribution < 1.29 is 19.0 Å². The molecular weight excluding hydrogens is 376 g/mol. The molecule has 28 heavy (non-hydrogen) atoms. The first-order valence-electron chi connectivity index (χ1n) is 8.93. The van der Waals surface area contributed by atoms with E-state index >= 15 is 0 Å². The number of hydrogen-bond acceptors (Lipinski definition) is 6. The average Bonchev–Trinajstić information content (AvgIpc) is 3.34. The zero-order valence-corrected chi connectivity index (χ0v) is 16.4. The first-order chi connectivity index (χ1) is 13.6. The SMILES string of the molecule is Cc1nc(COc2ccc(C(=O)N[C@@H](C)c3ccc4c(c3)OCO4)cc2)cs1. The fourth-order valence-electron chi connectivity index (χ4n) is 2.88. The van der Waals surface area contributed by atoms with Gasteiger partial charge in [-0.1, -0.05) is 6.07 Å². The highest BCUT2D eigenvalue weighted by molar-refractivity contribution is 7.09. The van der Waals surface area contributed by atoms with Gasteiger partial charge >= 0.3 is 0 Å². The van der Waals surface area contributed by atoms with E-state index in [1.54, 1.807) is 35.6 Å². The summed E-state index contributed by atoms with van der Waals surface area (Å²) in [5.74, 6) is 1.99. The van der Waals surface area contributed by atoms with Crippen LogP contribution in [0.15, 0.2) is 47.8 Å². The molecule has 0 fully saturated rings. The molecule has 0 saturated carbocycles. The second-order valence-electron chi connectivity index (χ2n) is 6.48. The number of aromatic nitrogens is 1. The Morgan fingerprint density at radius 3 is 2.75 bits per heavy atom. The summed E-state index contributed by atoms with van der Waals surface area (Å²) in [5.41, 5.74) is 2.43. The van der Waals surface area contributed by atoms with Gasteiger partial charge in [0.15, 0.2) is 11.5 Å². The lowest BCUT2D eigenvalue weighted by Gasteiger charge is -2.15. The van der Waals surface area contributed by atoms with Crippen LogP contribution in [0.3, 0.4) is 0 Å². The Kier molecular flexibility index (Phi) is 5.16. The normalized spacial score (nSPS) is 13.2. The molecule has 0 spiro atoms. The fraction of sp³-hybridized carbons (Fsp3) is 0.238. The van der Waals surface area contributed by atoms with Crippen molar-refractivity contribution in [3.8, 4) is 17.2 Å². The number of rotatable bonds is 6. The van der Waals surface area contributed by atoms with Crippen molar-refractivity contribution in [1.82, 2.24) is 10.3 Å². The lowest BCUT2D eigenvalue weighted by atomic mass is 10.1. The van der Waals surface area contributed by atoms with Gasteiger partial charge in [-0.2, -0.15) is 0 Å². The third kappa shape index (κ3) is 4.09. The summed E-state index contributed by atoms with van der Waals surface area (Å²) in [6.07, 6.45) is 0. The Balaban J connectivity index is 1.35. The molecule has 1 N–H and O–H groups in total. The maximum absolute atomic E-state index is 12.5. The molecule has 1 aliphatic rings. The molecular formula is C21H20N2O4S. The summed E-state index contributed by atoms with van der Waals surface area (Å²) in [6, 6.07) is 12.6. The number of carbonyl (C=O) groups is 1. The number of thiazole rings is 1. The van der Waals surface area contributed by atoms with Crippen LogP contribution in [0.1, 0.15) is 39.6 Å². The Labute approximate surface area is 167 Å². The molecule has 2 heterocycles. The lowest BCUT2D eigenvalue weighted by molar-refractivity contribution is 0.0939.